The summed E-state index contributed by atoms with van der Waals surface area (Å²) in [5.74, 6) is 0.172. The van der Waals surface area contributed by atoms with Crippen LogP contribution in [0.15, 0.2) is 34.5 Å². The minimum absolute atomic E-state index is 0.0580. The summed E-state index contributed by atoms with van der Waals surface area (Å²) in [6.07, 6.45) is 0.646. The Kier molecular flexibility index (Phi) is 4.38. The Bertz CT molecular complexity index is 843. The third kappa shape index (κ3) is 3.54. The molecule has 23 heavy (non-hydrogen) atoms. The van der Waals surface area contributed by atoms with E-state index >= 15 is 0 Å². The Hall–Kier alpha value is -1.90. The van der Waals surface area contributed by atoms with E-state index in [4.69, 9.17) is 4.74 Å². The number of hydrogen-bond donors (Lipinski definition) is 2. The molecule has 2 heterocycles. The van der Waals surface area contributed by atoms with Crippen LogP contribution >= 0.6 is 11.3 Å². The van der Waals surface area contributed by atoms with Crippen LogP contribution in [0.4, 0.5) is 5.69 Å². The molecule has 122 valence electrons. The van der Waals surface area contributed by atoms with Crippen LogP contribution in [-0.4, -0.2) is 27.5 Å². The first-order valence-electron chi connectivity index (χ1n) is 7.05. The van der Waals surface area contributed by atoms with Gasteiger partial charge in [0.25, 0.3) is 5.91 Å². The van der Waals surface area contributed by atoms with E-state index in [0.29, 0.717) is 24.4 Å². The van der Waals surface area contributed by atoms with Gasteiger partial charge in [-0.2, -0.15) is 0 Å². The molecule has 1 aromatic heterocycles. The number of thiophene rings is 1. The fraction of sp³-hybridized carbons (Fsp3) is 0.267. The van der Waals surface area contributed by atoms with Crippen LogP contribution in [0.1, 0.15) is 10.4 Å². The predicted octanol–water partition coefficient (Wildman–Crippen LogP) is 1.91. The van der Waals surface area contributed by atoms with E-state index in [2.05, 4.69) is 10.0 Å². The number of ether oxygens (including phenoxy) is 1. The Morgan fingerprint density at radius 2 is 2.17 bits per heavy atom. The molecule has 1 aliphatic rings. The number of carbonyl (C=O) groups is 1. The van der Waals surface area contributed by atoms with E-state index in [1.807, 2.05) is 18.4 Å². The molecule has 0 aliphatic carbocycles. The smallest absolute Gasteiger partial charge is 0.262 e. The molecule has 0 bridgehead atoms. The molecule has 8 heteroatoms. The third-order valence-corrected chi connectivity index (χ3v) is 6.05. The molecule has 1 aromatic carbocycles. The SMILES string of the molecule is Cc1ccsc1CCNS(=O)(=O)c1ccc2c(c1)NC(=O)CO2. The van der Waals surface area contributed by atoms with Gasteiger partial charge >= 0.3 is 0 Å². The number of fused-ring (bicyclic) bond motifs is 1. The van der Waals surface area contributed by atoms with Crippen molar-refractivity contribution in [3.8, 4) is 5.75 Å². The molecule has 2 aromatic rings. The number of amides is 1. The highest BCUT2D eigenvalue weighted by atomic mass is 32.2. The van der Waals surface area contributed by atoms with Gasteiger partial charge in [0.05, 0.1) is 10.6 Å². The predicted molar refractivity (Wildman–Crippen MR) is 88.5 cm³/mol. The molecular formula is C15H16N2O4S2. The maximum Gasteiger partial charge on any atom is 0.262 e. The summed E-state index contributed by atoms with van der Waals surface area (Å²) in [5.41, 5.74) is 1.54. The summed E-state index contributed by atoms with van der Waals surface area (Å²) in [6.45, 7) is 2.27. The van der Waals surface area contributed by atoms with Crippen LogP contribution in [-0.2, 0) is 21.2 Å². The van der Waals surface area contributed by atoms with Crippen LogP contribution in [0.25, 0.3) is 0 Å². The lowest BCUT2D eigenvalue weighted by atomic mass is 10.2. The van der Waals surface area contributed by atoms with Gasteiger partial charge in [0.15, 0.2) is 6.61 Å². The summed E-state index contributed by atoms with van der Waals surface area (Å²) in [4.78, 5) is 12.6. The van der Waals surface area contributed by atoms with Gasteiger partial charge in [-0.1, -0.05) is 0 Å². The summed E-state index contributed by atoms with van der Waals surface area (Å²) in [5, 5.41) is 4.60. The molecule has 0 saturated carbocycles. The van der Waals surface area contributed by atoms with Crippen molar-refractivity contribution in [1.29, 1.82) is 0 Å². The van der Waals surface area contributed by atoms with Crippen LogP contribution in [0.2, 0.25) is 0 Å². The van der Waals surface area contributed by atoms with E-state index < -0.39 is 10.0 Å². The zero-order valence-electron chi connectivity index (χ0n) is 12.5. The highest BCUT2D eigenvalue weighted by Crippen LogP contribution is 2.30. The van der Waals surface area contributed by atoms with Crippen molar-refractivity contribution in [2.75, 3.05) is 18.5 Å². The van der Waals surface area contributed by atoms with Crippen molar-refractivity contribution in [3.05, 3.63) is 40.1 Å². The molecule has 0 unspecified atom stereocenters. The average Bonchev–Trinajstić information content (AvgIpc) is 2.91. The van der Waals surface area contributed by atoms with Crippen LogP contribution < -0.4 is 14.8 Å². The monoisotopic (exact) mass is 352 g/mol. The first-order valence-corrected chi connectivity index (χ1v) is 9.41. The fourth-order valence-corrected chi connectivity index (χ4v) is 4.24. The molecule has 3 rings (SSSR count). The minimum Gasteiger partial charge on any atom is -0.482 e. The van der Waals surface area contributed by atoms with Gasteiger partial charge in [-0.3, -0.25) is 4.79 Å². The van der Waals surface area contributed by atoms with Gasteiger partial charge in [0.1, 0.15) is 5.75 Å². The van der Waals surface area contributed by atoms with Crippen molar-refractivity contribution in [2.24, 2.45) is 0 Å². The summed E-state index contributed by atoms with van der Waals surface area (Å²) >= 11 is 1.62. The Morgan fingerprint density at radius 3 is 2.91 bits per heavy atom. The van der Waals surface area contributed by atoms with E-state index in [-0.39, 0.29) is 17.4 Å². The quantitative estimate of drug-likeness (QED) is 0.861. The molecule has 0 atom stereocenters. The maximum atomic E-state index is 12.4. The average molecular weight is 352 g/mol. The van der Waals surface area contributed by atoms with Gasteiger partial charge in [0.2, 0.25) is 10.0 Å². The van der Waals surface area contributed by atoms with E-state index in [1.54, 1.807) is 17.4 Å². The Morgan fingerprint density at radius 1 is 1.35 bits per heavy atom. The van der Waals surface area contributed by atoms with Gasteiger partial charge in [-0.25, -0.2) is 13.1 Å². The van der Waals surface area contributed by atoms with Crippen LogP contribution in [0.3, 0.4) is 0 Å². The number of aryl methyl sites for hydroxylation is 1. The number of sulfonamides is 1. The summed E-state index contributed by atoms with van der Waals surface area (Å²) < 4.78 is 32.5. The number of nitrogens with one attached hydrogen (secondary N) is 2. The summed E-state index contributed by atoms with van der Waals surface area (Å²) in [6, 6.07) is 6.44. The second kappa shape index (κ2) is 6.31. The van der Waals surface area contributed by atoms with Gasteiger partial charge in [0, 0.05) is 11.4 Å². The van der Waals surface area contributed by atoms with E-state index in [1.165, 1.54) is 22.6 Å². The van der Waals surface area contributed by atoms with Crippen LogP contribution in [0.5, 0.6) is 5.75 Å². The molecule has 0 fully saturated rings. The van der Waals surface area contributed by atoms with Crippen molar-refractivity contribution < 1.29 is 17.9 Å². The van der Waals surface area contributed by atoms with Gasteiger partial charge in [-0.15, -0.1) is 11.3 Å². The van der Waals surface area contributed by atoms with Crippen molar-refractivity contribution in [1.82, 2.24) is 4.72 Å². The van der Waals surface area contributed by atoms with Crippen molar-refractivity contribution in [3.63, 3.8) is 0 Å². The van der Waals surface area contributed by atoms with Crippen LogP contribution in [0, 0.1) is 6.92 Å². The largest absolute Gasteiger partial charge is 0.482 e. The molecule has 1 aliphatic heterocycles. The lowest BCUT2D eigenvalue weighted by Gasteiger charge is -2.18. The first-order chi connectivity index (χ1) is 11.0. The third-order valence-electron chi connectivity index (χ3n) is 3.51. The molecule has 2 N–H and O–H groups in total. The standard InChI is InChI=1S/C15H16N2O4S2/c1-10-5-7-22-14(10)4-6-16-23(19,20)11-2-3-13-12(8-11)17-15(18)9-21-13/h2-3,5,7-8,16H,4,6,9H2,1H3,(H,17,18). The normalized spacial score (nSPS) is 14.0. The first kappa shape index (κ1) is 16.0. The maximum absolute atomic E-state index is 12.4. The molecule has 1 amide bonds. The molecule has 0 spiro atoms. The van der Waals surface area contributed by atoms with Crippen molar-refractivity contribution in [2.45, 2.75) is 18.2 Å². The minimum atomic E-state index is -3.63. The van der Waals surface area contributed by atoms with E-state index in [9.17, 15) is 13.2 Å². The van der Waals surface area contributed by atoms with Gasteiger partial charge < -0.3 is 10.1 Å². The zero-order valence-corrected chi connectivity index (χ0v) is 14.1. The lowest BCUT2D eigenvalue weighted by Crippen LogP contribution is -2.28. The van der Waals surface area contributed by atoms with Gasteiger partial charge in [-0.05, 0) is 48.6 Å². The van der Waals surface area contributed by atoms with E-state index in [0.717, 1.165) is 0 Å². The Balaban J connectivity index is 1.71. The Labute approximate surface area is 138 Å². The number of hydrogen-bond acceptors (Lipinski definition) is 5. The molecule has 6 nitrogen and oxygen atoms in total. The number of benzene rings is 1. The van der Waals surface area contributed by atoms with Crippen molar-refractivity contribution >= 4 is 33.0 Å². The fourth-order valence-electron chi connectivity index (χ4n) is 2.27. The second-order valence-corrected chi connectivity index (χ2v) is 7.94. The zero-order chi connectivity index (χ0) is 16.4. The highest BCUT2D eigenvalue weighted by Gasteiger charge is 2.20. The summed E-state index contributed by atoms with van der Waals surface area (Å²) in [7, 11) is -3.63. The molecule has 0 saturated heterocycles. The number of anilines is 1. The second-order valence-electron chi connectivity index (χ2n) is 5.17. The number of carbonyl (C=O) groups excluding carboxylic acids is 1. The number of rotatable bonds is 5. The lowest BCUT2D eigenvalue weighted by molar-refractivity contribution is -0.118. The molecule has 0 radical (unpaired) electrons. The molecular weight excluding hydrogens is 336 g/mol. The topological polar surface area (TPSA) is 84.5 Å². The highest BCUT2D eigenvalue weighted by molar-refractivity contribution is 7.89.